The molecule has 0 aliphatic heterocycles. The van der Waals surface area contributed by atoms with Crippen LogP contribution in [-0.2, 0) is 0 Å². The number of nitrogens with one attached hydrogen (secondary N) is 1. The molecule has 78 valence electrons. The highest BCUT2D eigenvalue weighted by molar-refractivity contribution is 7.09. The van der Waals surface area contributed by atoms with E-state index in [9.17, 15) is 0 Å². The minimum Gasteiger partial charge on any atom is -0.296 e. The van der Waals surface area contributed by atoms with E-state index in [4.69, 9.17) is 10.8 Å². The first-order chi connectivity index (χ1) is 7.38. The van der Waals surface area contributed by atoms with Gasteiger partial charge in [-0.25, -0.2) is 4.98 Å². The molecule has 1 atom stereocenters. The van der Waals surface area contributed by atoms with Crippen LogP contribution < -0.4 is 5.32 Å². The summed E-state index contributed by atoms with van der Waals surface area (Å²) in [4.78, 5) is 6.70. The van der Waals surface area contributed by atoms with E-state index in [2.05, 4.69) is 26.4 Å². The smallest absolute Gasteiger partial charge is 0.148 e. The molecule has 0 amide bonds. The second-order valence-corrected chi connectivity index (χ2v) is 3.62. The third-order valence-electron chi connectivity index (χ3n) is 1.67. The number of nitrogens with zero attached hydrogens (tertiary/aromatic N) is 5. The van der Waals surface area contributed by atoms with Gasteiger partial charge in [-0.15, -0.1) is 11.3 Å². The molecule has 0 bridgehead atoms. The number of hydrogen-bond acceptors (Lipinski definition) is 5. The van der Waals surface area contributed by atoms with Crippen molar-refractivity contribution >= 4 is 11.3 Å². The van der Waals surface area contributed by atoms with Gasteiger partial charge in [-0.2, -0.15) is 5.26 Å². The quantitative estimate of drug-likeness (QED) is 0.345. The third-order valence-corrected chi connectivity index (χ3v) is 2.51. The van der Waals surface area contributed by atoms with E-state index >= 15 is 0 Å². The van der Waals surface area contributed by atoms with E-state index in [0.717, 1.165) is 5.01 Å². The summed E-state index contributed by atoms with van der Waals surface area (Å²) in [6.07, 6.45) is 2.39. The van der Waals surface area contributed by atoms with Crippen molar-refractivity contribution in [3.63, 3.8) is 0 Å². The van der Waals surface area contributed by atoms with Gasteiger partial charge in [-0.1, -0.05) is 5.11 Å². The Bertz CT molecular complexity index is 361. The Labute approximate surface area is 91.2 Å². The lowest BCUT2D eigenvalue weighted by atomic mass is 10.3. The van der Waals surface area contributed by atoms with Crippen LogP contribution in [0.2, 0.25) is 0 Å². The molecule has 1 rings (SSSR count). The van der Waals surface area contributed by atoms with Crippen molar-refractivity contribution in [2.45, 2.75) is 12.5 Å². The maximum Gasteiger partial charge on any atom is 0.148 e. The second kappa shape index (κ2) is 6.79. The first-order valence-electron chi connectivity index (χ1n) is 4.41. The van der Waals surface area contributed by atoms with Crippen molar-refractivity contribution in [2.24, 2.45) is 5.11 Å². The van der Waals surface area contributed by atoms with Gasteiger partial charge < -0.3 is 0 Å². The van der Waals surface area contributed by atoms with Gasteiger partial charge in [0.25, 0.3) is 0 Å². The molecule has 0 saturated carbocycles. The number of nitriles is 1. The summed E-state index contributed by atoms with van der Waals surface area (Å²) in [6, 6.07) is 1.76. The molecule has 1 aromatic heterocycles. The molecule has 0 saturated heterocycles. The molecule has 1 aromatic rings. The molecule has 7 heteroatoms. The van der Waals surface area contributed by atoms with Crippen molar-refractivity contribution in [1.29, 1.82) is 5.26 Å². The first kappa shape index (κ1) is 11.5. The predicted octanol–water partition coefficient (Wildman–Crippen LogP) is 2.00. The highest BCUT2D eigenvalue weighted by Crippen LogP contribution is 2.14. The maximum atomic E-state index is 8.87. The Balaban J connectivity index is 2.30. The highest BCUT2D eigenvalue weighted by Gasteiger charge is 2.10. The van der Waals surface area contributed by atoms with Crippen molar-refractivity contribution in [1.82, 2.24) is 10.3 Å². The Morgan fingerprint density at radius 3 is 3.27 bits per heavy atom. The van der Waals surface area contributed by atoms with E-state index in [1.165, 1.54) is 11.3 Å². The van der Waals surface area contributed by atoms with Crippen molar-refractivity contribution in [3.8, 4) is 6.07 Å². The molecule has 15 heavy (non-hydrogen) atoms. The van der Waals surface area contributed by atoms with Gasteiger partial charge in [-0.05, 0) is 18.5 Å². The molecule has 0 spiro atoms. The van der Waals surface area contributed by atoms with Crippen LogP contribution in [0.1, 0.15) is 17.5 Å². The zero-order valence-corrected chi connectivity index (χ0v) is 8.81. The molecule has 0 radical (unpaired) electrons. The van der Waals surface area contributed by atoms with E-state index in [1.807, 2.05) is 5.38 Å². The molecule has 0 aliphatic carbocycles. The van der Waals surface area contributed by atoms with Gasteiger partial charge in [0, 0.05) is 23.0 Å². The monoisotopic (exact) mass is 222 g/mol. The largest absolute Gasteiger partial charge is 0.296 e. The summed E-state index contributed by atoms with van der Waals surface area (Å²) in [5, 5.41) is 17.9. The fourth-order valence-electron chi connectivity index (χ4n) is 1.01. The zero-order valence-electron chi connectivity index (χ0n) is 8.00. The van der Waals surface area contributed by atoms with Gasteiger partial charge in [0.1, 0.15) is 11.0 Å². The van der Waals surface area contributed by atoms with Crippen LogP contribution in [0.3, 0.4) is 0 Å². The molecular formula is C8H10N6S. The molecule has 1 heterocycles. The molecule has 1 unspecified atom stereocenters. The Hall–Kier alpha value is -1.61. The lowest BCUT2D eigenvalue weighted by molar-refractivity contribution is 0.605. The van der Waals surface area contributed by atoms with E-state index < -0.39 is 0 Å². The van der Waals surface area contributed by atoms with Gasteiger partial charge in [0.05, 0.1) is 6.07 Å². The Morgan fingerprint density at radius 1 is 1.80 bits per heavy atom. The zero-order chi connectivity index (χ0) is 10.9. The van der Waals surface area contributed by atoms with Crippen molar-refractivity contribution in [2.75, 3.05) is 13.1 Å². The maximum absolute atomic E-state index is 8.87. The summed E-state index contributed by atoms with van der Waals surface area (Å²) >= 11 is 1.45. The fourth-order valence-corrected chi connectivity index (χ4v) is 1.66. The molecular weight excluding hydrogens is 212 g/mol. The summed E-state index contributed by atoms with van der Waals surface area (Å²) in [5.74, 6) is 0. The summed E-state index contributed by atoms with van der Waals surface area (Å²) in [5.41, 5.74) is 8.05. The van der Waals surface area contributed by atoms with Gasteiger partial charge >= 0.3 is 0 Å². The van der Waals surface area contributed by atoms with Crippen molar-refractivity contribution < 1.29 is 0 Å². The molecule has 0 fully saturated rings. The topological polar surface area (TPSA) is 97.5 Å². The van der Waals surface area contributed by atoms with Crippen LogP contribution in [-0.4, -0.2) is 18.1 Å². The van der Waals surface area contributed by atoms with Crippen LogP contribution in [0.15, 0.2) is 16.7 Å². The fraction of sp³-hybridized carbons (Fsp3) is 0.500. The number of azide groups is 1. The number of rotatable bonds is 6. The van der Waals surface area contributed by atoms with E-state index in [1.54, 1.807) is 6.20 Å². The summed E-state index contributed by atoms with van der Waals surface area (Å²) in [6.45, 7) is 1.08. The minimum atomic E-state index is -0.365. The molecule has 1 N–H and O–H groups in total. The predicted molar refractivity (Wildman–Crippen MR) is 57.1 cm³/mol. The Kier molecular flexibility index (Phi) is 5.19. The molecule has 0 aromatic carbocycles. The van der Waals surface area contributed by atoms with Crippen molar-refractivity contribution in [3.05, 3.63) is 27.0 Å². The van der Waals surface area contributed by atoms with Crippen LogP contribution in [0.5, 0.6) is 0 Å². The number of thiazole rings is 1. The van der Waals surface area contributed by atoms with Crippen LogP contribution >= 0.6 is 11.3 Å². The standard InChI is InChI=1S/C8H10N6S/c9-6-7(8-12-4-5-15-8)11-2-1-3-13-14-10/h4-5,7,11H,1-3H2. The molecule has 6 nitrogen and oxygen atoms in total. The minimum absolute atomic E-state index is 0.365. The SMILES string of the molecule is N#CC(NCCCN=[N+]=[N-])c1nccs1. The molecule has 0 aliphatic rings. The van der Waals surface area contributed by atoms with Crippen LogP contribution in [0, 0.1) is 11.3 Å². The summed E-state index contributed by atoms with van der Waals surface area (Å²) in [7, 11) is 0. The van der Waals surface area contributed by atoms with Gasteiger partial charge in [-0.3, -0.25) is 5.32 Å². The number of aromatic nitrogens is 1. The number of hydrogen-bond donors (Lipinski definition) is 1. The van der Waals surface area contributed by atoms with Crippen LogP contribution in [0.4, 0.5) is 0 Å². The van der Waals surface area contributed by atoms with E-state index in [-0.39, 0.29) is 6.04 Å². The highest BCUT2D eigenvalue weighted by atomic mass is 32.1. The lowest BCUT2D eigenvalue weighted by Crippen LogP contribution is -2.21. The summed E-state index contributed by atoms with van der Waals surface area (Å²) < 4.78 is 0. The van der Waals surface area contributed by atoms with Crippen LogP contribution in [0.25, 0.3) is 10.4 Å². The lowest BCUT2D eigenvalue weighted by Gasteiger charge is -2.06. The van der Waals surface area contributed by atoms with Gasteiger partial charge in [0.15, 0.2) is 0 Å². The first-order valence-corrected chi connectivity index (χ1v) is 5.29. The second-order valence-electron chi connectivity index (χ2n) is 2.69. The average Bonchev–Trinajstić information content (AvgIpc) is 2.77. The third kappa shape index (κ3) is 3.95. The Morgan fingerprint density at radius 2 is 2.67 bits per heavy atom. The van der Waals surface area contributed by atoms with Gasteiger partial charge in [0.2, 0.25) is 0 Å². The average molecular weight is 222 g/mol. The normalized spacial score (nSPS) is 11.4. The van der Waals surface area contributed by atoms with E-state index in [0.29, 0.717) is 19.5 Å².